The molecule has 2 heterocycles. The van der Waals surface area contributed by atoms with Gasteiger partial charge in [0, 0.05) is 25.7 Å². The van der Waals surface area contributed by atoms with Gasteiger partial charge < -0.3 is 15.5 Å². The fourth-order valence-corrected chi connectivity index (χ4v) is 2.75. The summed E-state index contributed by atoms with van der Waals surface area (Å²) in [5.74, 6) is -0.457. The van der Waals surface area contributed by atoms with Crippen LogP contribution in [0.2, 0.25) is 0 Å². The Morgan fingerprint density at radius 2 is 2.08 bits per heavy atom. The molecule has 140 valence electrons. The van der Waals surface area contributed by atoms with Gasteiger partial charge in [-0.2, -0.15) is 5.10 Å². The number of hydrogen-bond donors (Lipinski definition) is 3. The summed E-state index contributed by atoms with van der Waals surface area (Å²) in [5.41, 5.74) is -0.210. The summed E-state index contributed by atoms with van der Waals surface area (Å²) in [6.45, 7) is 4.77. The molecule has 0 aliphatic carbocycles. The van der Waals surface area contributed by atoms with Crippen molar-refractivity contribution in [2.75, 3.05) is 26.2 Å². The van der Waals surface area contributed by atoms with E-state index >= 15 is 0 Å². The van der Waals surface area contributed by atoms with Crippen molar-refractivity contribution in [3.63, 3.8) is 0 Å². The van der Waals surface area contributed by atoms with Crippen LogP contribution in [-0.2, 0) is 4.79 Å². The van der Waals surface area contributed by atoms with Crippen molar-refractivity contribution in [2.24, 2.45) is 0 Å². The molecule has 1 aromatic rings. The Morgan fingerprint density at radius 1 is 1.28 bits per heavy atom. The number of halogens is 1. The zero-order chi connectivity index (χ0) is 17.4. The first-order valence-electron chi connectivity index (χ1n) is 8.48. The molecule has 1 aromatic heterocycles. The normalized spacial score (nSPS) is 16.8. The maximum absolute atomic E-state index is 12.6. The molecule has 3 N–H and O–H groups in total. The Labute approximate surface area is 153 Å². The zero-order valence-electron chi connectivity index (χ0n) is 14.4. The number of piperidine rings is 1. The van der Waals surface area contributed by atoms with Crippen LogP contribution in [0, 0.1) is 0 Å². The number of hydrogen-bond acceptors (Lipinski definition) is 5. The van der Waals surface area contributed by atoms with E-state index in [9.17, 15) is 14.4 Å². The molecule has 9 heteroatoms. The van der Waals surface area contributed by atoms with E-state index in [1.165, 1.54) is 12.1 Å². The van der Waals surface area contributed by atoms with E-state index in [-0.39, 0.29) is 35.5 Å². The molecular formula is C16H26ClN5O3. The monoisotopic (exact) mass is 371 g/mol. The fraction of sp³-hybridized carbons (Fsp3) is 0.625. The van der Waals surface area contributed by atoms with Gasteiger partial charge in [0.15, 0.2) is 0 Å². The number of aromatic nitrogens is 2. The zero-order valence-corrected chi connectivity index (χ0v) is 15.2. The highest BCUT2D eigenvalue weighted by molar-refractivity contribution is 5.96. The van der Waals surface area contributed by atoms with Gasteiger partial charge in [-0.15, -0.1) is 12.4 Å². The van der Waals surface area contributed by atoms with Crippen molar-refractivity contribution in [3.8, 4) is 0 Å². The Balaban J connectivity index is 0.00000312. The third kappa shape index (κ3) is 6.13. The molecule has 0 radical (unpaired) electrons. The van der Waals surface area contributed by atoms with Crippen molar-refractivity contribution >= 4 is 24.2 Å². The lowest BCUT2D eigenvalue weighted by atomic mass is 10.0. The molecule has 2 rings (SSSR count). The molecular weight excluding hydrogens is 346 g/mol. The molecule has 8 nitrogen and oxygen atoms in total. The van der Waals surface area contributed by atoms with Crippen LogP contribution in [0.25, 0.3) is 0 Å². The molecule has 25 heavy (non-hydrogen) atoms. The molecule has 1 aliphatic rings. The van der Waals surface area contributed by atoms with Crippen molar-refractivity contribution < 1.29 is 9.59 Å². The summed E-state index contributed by atoms with van der Waals surface area (Å²) >= 11 is 0. The number of aromatic amines is 1. The van der Waals surface area contributed by atoms with Gasteiger partial charge in [-0.3, -0.25) is 14.4 Å². The predicted octanol–water partition coefficient (Wildman–Crippen LogP) is 0.302. The second-order valence-corrected chi connectivity index (χ2v) is 5.86. The molecule has 1 saturated heterocycles. The summed E-state index contributed by atoms with van der Waals surface area (Å²) in [6.07, 6.45) is 3.46. The maximum atomic E-state index is 12.6. The molecule has 0 saturated carbocycles. The Kier molecular flexibility index (Phi) is 9.15. The molecule has 1 aliphatic heterocycles. The lowest BCUT2D eigenvalue weighted by Gasteiger charge is -2.34. The number of H-pyrrole nitrogens is 1. The van der Waals surface area contributed by atoms with E-state index in [0.717, 1.165) is 25.8 Å². The van der Waals surface area contributed by atoms with Crippen LogP contribution in [0.4, 0.5) is 0 Å². The smallest absolute Gasteiger partial charge is 0.274 e. The van der Waals surface area contributed by atoms with Crippen molar-refractivity contribution in [2.45, 2.75) is 38.6 Å². The first-order valence-corrected chi connectivity index (χ1v) is 8.48. The summed E-state index contributed by atoms with van der Waals surface area (Å²) in [7, 11) is 0. The Morgan fingerprint density at radius 3 is 2.76 bits per heavy atom. The van der Waals surface area contributed by atoms with Gasteiger partial charge in [0.05, 0.1) is 0 Å². The van der Waals surface area contributed by atoms with Gasteiger partial charge in [0.25, 0.3) is 11.5 Å². The average Bonchev–Trinajstić information content (AvgIpc) is 2.61. The van der Waals surface area contributed by atoms with Crippen LogP contribution in [-0.4, -0.2) is 59.1 Å². The Bertz CT molecular complexity index is 602. The van der Waals surface area contributed by atoms with Crippen molar-refractivity contribution in [1.29, 1.82) is 0 Å². The summed E-state index contributed by atoms with van der Waals surface area (Å²) < 4.78 is 0. The molecule has 0 spiro atoms. The van der Waals surface area contributed by atoms with Gasteiger partial charge in [-0.05, 0) is 38.3 Å². The largest absolute Gasteiger partial charge is 0.353 e. The van der Waals surface area contributed by atoms with E-state index in [1.807, 2.05) is 0 Å². The van der Waals surface area contributed by atoms with Crippen LogP contribution < -0.4 is 16.2 Å². The number of carbonyl (C=O) groups is 2. The molecule has 2 amide bonds. The SMILES string of the molecule is CCCNCCNC(=O)C1CCCCN1C(=O)c1ccc(=O)[nH]n1.Cl. The van der Waals surface area contributed by atoms with E-state index in [2.05, 4.69) is 27.8 Å². The van der Waals surface area contributed by atoms with E-state index < -0.39 is 6.04 Å². The van der Waals surface area contributed by atoms with E-state index in [1.54, 1.807) is 4.90 Å². The van der Waals surface area contributed by atoms with Gasteiger partial charge in [0.1, 0.15) is 11.7 Å². The number of nitrogens with one attached hydrogen (secondary N) is 3. The van der Waals surface area contributed by atoms with Crippen LogP contribution >= 0.6 is 12.4 Å². The average molecular weight is 372 g/mol. The minimum Gasteiger partial charge on any atom is -0.353 e. The van der Waals surface area contributed by atoms with Gasteiger partial charge in [-0.25, -0.2) is 5.10 Å². The second kappa shape index (κ2) is 10.8. The van der Waals surface area contributed by atoms with Gasteiger partial charge >= 0.3 is 0 Å². The fourth-order valence-electron chi connectivity index (χ4n) is 2.75. The molecule has 0 bridgehead atoms. The highest BCUT2D eigenvalue weighted by atomic mass is 35.5. The minimum absolute atomic E-state index is 0. The number of rotatable bonds is 7. The quantitative estimate of drug-likeness (QED) is 0.598. The summed E-state index contributed by atoms with van der Waals surface area (Å²) in [4.78, 5) is 37.6. The molecule has 1 atom stereocenters. The number of carbonyl (C=O) groups excluding carboxylic acids is 2. The van der Waals surface area contributed by atoms with Crippen LogP contribution in [0.3, 0.4) is 0 Å². The van der Waals surface area contributed by atoms with Crippen LogP contribution in [0.15, 0.2) is 16.9 Å². The standard InChI is InChI=1S/C16H25N5O3.ClH/c1-2-8-17-9-10-18-15(23)13-5-3-4-11-21(13)16(24)12-6-7-14(22)20-19-12;/h6-7,13,17H,2-5,8-11H2,1H3,(H,18,23)(H,20,22);1H. The van der Waals surface area contributed by atoms with E-state index in [0.29, 0.717) is 26.1 Å². The lowest BCUT2D eigenvalue weighted by molar-refractivity contribution is -0.126. The topological polar surface area (TPSA) is 107 Å². The summed E-state index contributed by atoms with van der Waals surface area (Å²) in [5, 5.41) is 12.1. The predicted molar refractivity (Wildman–Crippen MR) is 97.0 cm³/mol. The van der Waals surface area contributed by atoms with Gasteiger partial charge in [0.2, 0.25) is 5.91 Å². The lowest BCUT2D eigenvalue weighted by Crippen LogP contribution is -2.52. The molecule has 1 unspecified atom stereocenters. The third-order valence-corrected chi connectivity index (χ3v) is 3.99. The van der Waals surface area contributed by atoms with Gasteiger partial charge in [-0.1, -0.05) is 6.92 Å². The summed E-state index contributed by atoms with van der Waals surface area (Å²) in [6, 6.07) is 2.17. The minimum atomic E-state index is -0.480. The van der Waals surface area contributed by atoms with E-state index in [4.69, 9.17) is 0 Å². The number of nitrogens with zero attached hydrogens (tertiary/aromatic N) is 2. The van der Waals surface area contributed by atoms with Crippen LogP contribution in [0.5, 0.6) is 0 Å². The van der Waals surface area contributed by atoms with Crippen molar-refractivity contribution in [3.05, 3.63) is 28.2 Å². The second-order valence-electron chi connectivity index (χ2n) is 5.86. The maximum Gasteiger partial charge on any atom is 0.274 e. The van der Waals surface area contributed by atoms with Crippen molar-refractivity contribution in [1.82, 2.24) is 25.7 Å². The Hall–Kier alpha value is -1.93. The third-order valence-electron chi connectivity index (χ3n) is 3.99. The number of amides is 2. The number of likely N-dealkylation sites (tertiary alicyclic amines) is 1. The molecule has 0 aromatic carbocycles. The molecule has 1 fully saturated rings. The highest BCUT2D eigenvalue weighted by Gasteiger charge is 2.33. The first-order chi connectivity index (χ1) is 11.6. The first kappa shape index (κ1) is 21.1. The van der Waals surface area contributed by atoms with Crippen LogP contribution in [0.1, 0.15) is 43.1 Å². The highest BCUT2D eigenvalue weighted by Crippen LogP contribution is 2.19.